The monoisotopic (exact) mass is 391 g/mol. The fourth-order valence-corrected chi connectivity index (χ4v) is 2.79. The number of aryl methyl sites for hydroxylation is 1. The van der Waals surface area contributed by atoms with Crippen LogP contribution in [-0.2, 0) is 13.0 Å². The summed E-state index contributed by atoms with van der Waals surface area (Å²) < 4.78 is 5.77. The number of urea groups is 1. The zero-order chi connectivity index (χ0) is 20.6. The average molecular weight is 391 g/mol. The van der Waals surface area contributed by atoms with Gasteiger partial charge in [0, 0.05) is 38.5 Å². The molecule has 0 radical (unpaired) electrons. The Balaban J connectivity index is 1.55. The van der Waals surface area contributed by atoms with Gasteiger partial charge in [0.1, 0.15) is 11.6 Å². The molecule has 3 rings (SSSR count). The van der Waals surface area contributed by atoms with Crippen LogP contribution >= 0.6 is 0 Å². The van der Waals surface area contributed by atoms with Gasteiger partial charge in [-0.15, -0.1) is 0 Å². The van der Waals surface area contributed by atoms with E-state index in [2.05, 4.69) is 33.6 Å². The van der Waals surface area contributed by atoms with Gasteiger partial charge in [-0.25, -0.2) is 14.8 Å². The summed E-state index contributed by atoms with van der Waals surface area (Å²) in [5, 5.41) is 5.60. The largest absolute Gasteiger partial charge is 0.439 e. The van der Waals surface area contributed by atoms with Gasteiger partial charge >= 0.3 is 6.03 Å². The number of pyridine rings is 2. The van der Waals surface area contributed by atoms with Gasteiger partial charge in [0.15, 0.2) is 0 Å². The molecule has 150 valence electrons. The molecule has 0 aliphatic carbocycles. The second-order valence-corrected chi connectivity index (χ2v) is 6.68. The molecular formula is C22H25N5O2. The second-order valence-electron chi connectivity index (χ2n) is 6.68. The van der Waals surface area contributed by atoms with E-state index in [0.717, 1.165) is 23.6 Å². The van der Waals surface area contributed by atoms with Crippen LogP contribution in [0.3, 0.4) is 0 Å². The van der Waals surface area contributed by atoms with E-state index < -0.39 is 0 Å². The van der Waals surface area contributed by atoms with E-state index in [9.17, 15) is 4.79 Å². The maximum atomic E-state index is 12.2. The average Bonchev–Trinajstić information content (AvgIpc) is 2.74. The smallest absolute Gasteiger partial charge is 0.319 e. The fraction of sp³-hybridized carbons (Fsp3) is 0.227. The first-order chi connectivity index (χ1) is 14.0. The molecule has 0 saturated carbocycles. The van der Waals surface area contributed by atoms with Crippen molar-refractivity contribution in [1.82, 2.24) is 15.3 Å². The van der Waals surface area contributed by atoms with Crippen LogP contribution < -0.4 is 20.3 Å². The van der Waals surface area contributed by atoms with Crippen molar-refractivity contribution in [2.24, 2.45) is 0 Å². The van der Waals surface area contributed by atoms with Crippen molar-refractivity contribution < 1.29 is 9.53 Å². The molecule has 0 unspecified atom stereocenters. The van der Waals surface area contributed by atoms with E-state index in [1.54, 1.807) is 24.5 Å². The van der Waals surface area contributed by atoms with Gasteiger partial charge < -0.3 is 20.3 Å². The van der Waals surface area contributed by atoms with Gasteiger partial charge in [-0.2, -0.15) is 0 Å². The third-order valence-corrected chi connectivity index (χ3v) is 4.25. The minimum Gasteiger partial charge on any atom is -0.439 e. The lowest BCUT2D eigenvalue weighted by Crippen LogP contribution is -2.29. The number of rotatable bonds is 7. The Morgan fingerprint density at radius 2 is 1.97 bits per heavy atom. The number of anilines is 2. The molecule has 7 heteroatoms. The first-order valence-electron chi connectivity index (χ1n) is 9.44. The van der Waals surface area contributed by atoms with Gasteiger partial charge in [0.25, 0.3) is 0 Å². The lowest BCUT2D eigenvalue weighted by molar-refractivity contribution is 0.251. The molecule has 0 atom stereocenters. The number of ether oxygens (including phenoxy) is 1. The molecule has 2 heterocycles. The topological polar surface area (TPSA) is 79.4 Å². The summed E-state index contributed by atoms with van der Waals surface area (Å²) in [6, 6.07) is 14.8. The van der Waals surface area contributed by atoms with Crippen molar-refractivity contribution in [3.05, 3.63) is 72.1 Å². The zero-order valence-corrected chi connectivity index (χ0v) is 16.8. The summed E-state index contributed by atoms with van der Waals surface area (Å²) in [6.45, 7) is 2.47. The van der Waals surface area contributed by atoms with Crippen molar-refractivity contribution in [3.8, 4) is 11.6 Å². The highest BCUT2D eigenvalue weighted by molar-refractivity contribution is 5.89. The van der Waals surface area contributed by atoms with Gasteiger partial charge in [0.05, 0.1) is 11.9 Å². The minimum absolute atomic E-state index is 0.315. The highest BCUT2D eigenvalue weighted by Crippen LogP contribution is 2.21. The summed E-state index contributed by atoms with van der Waals surface area (Å²) in [7, 11) is 3.83. The SMILES string of the molecule is CCc1cccc(Oc2ccc(NC(=O)NCc3cccnc3N(C)C)cn2)c1. The van der Waals surface area contributed by atoms with Crippen LogP contribution in [0.1, 0.15) is 18.1 Å². The van der Waals surface area contributed by atoms with Crippen LogP contribution in [0, 0.1) is 0 Å². The summed E-state index contributed by atoms with van der Waals surface area (Å²) in [5.74, 6) is 2.03. The quantitative estimate of drug-likeness (QED) is 0.630. The normalized spacial score (nSPS) is 10.3. The van der Waals surface area contributed by atoms with Crippen molar-refractivity contribution in [2.75, 3.05) is 24.3 Å². The molecule has 0 saturated heterocycles. The molecule has 7 nitrogen and oxygen atoms in total. The molecule has 29 heavy (non-hydrogen) atoms. The van der Waals surface area contributed by atoms with Crippen molar-refractivity contribution in [2.45, 2.75) is 19.9 Å². The van der Waals surface area contributed by atoms with Crippen LogP contribution in [0.25, 0.3) is 0 Å². The highest BCUT2D eigenvalue weighted by atomic mass is 16.5. The number of carbonyl (C=O) groups excluding carboxylic acids is 1. The van der Waals surface area contributed by atoms with E-state index in [1.165, 1.54) is 5.56 Å². The molecule has 0 spiro atoms. The van der Waals surface area contributed by atoms with Crippen LogP contribution in [0.2, 0.25) is 0 Å². The number of nitrogens with one attached hydrogen (secondary N) is 2. The van der Waals surface area contributed by atoms with Crippen LogP contribution in [-0.4, -0.2) is 30.1 Å². The van der Waals surface area contributed by atoms with E-state index in [4.69, 9.17) is 4.74 Å². The number of carbonyl (C=O) groups is 1. The highest BCUT2D eigenvalue weighted by Gasteiger charge is 2.08. The van der Waals surface area contributed by atoms with Crippen molar-refractivity contribution >= 4 is 17.5 Å². The maximum absolute atomic E-state index is 12.2. The Labute approximate surface area is 170 Å². The summed E-state index contributed by atoms with van der Waals surface area (Å²) >= 11 is 0. The first kappa shape index (κ1) is 20.1. The Morgan fingerprint density at radius 3 is 2.69 bits per heavy atom. The van der Waals surface area contributed by atoms with Crippen LogP contribution in [0.15, 0.2) is 60.9 Å². The Bertz CT molecular complexity index is 957. The standard InChI is InChI=1S/C22H25N5O2/c1-4-16-7-5-9-19(13-16)29-20-11-10-18(15-24-20)26-22(28)25-14-17-8-6-12-23-21(17)27(2)3/h5-13,15H,4,14H2,1-3H3,(H2,25,26,28). The van der Waals surface area contributed by atoms with Gasteiger partial charge in [0.2, 0.25) is 5.88 Å². The van der Waals surface area contributed by atoms with Crippen LogP contribution in [0.4, 0.5) is 16.3 Å². The third kappa shape index (κ3) is 5.68. The molecule has 3 aromatic rings. The number of benzene rings is 1. The maximum Gasteiger partial charge on any atom is 0.319 e. The second kappa shape index (κ2) is 9.54. The third-order valence-electron chi connectivity index (χ3n) is 4.25. The lowest BCUT2D eigenvalue weighted by Gasteiger charge is -2.16. The first-order valence-corrected chi connectivity index (χ1v) is 9.44. The van der Waals surface area contributed by atoms with Gasteiger partial charge in [-0.3, -0.25) is 0 Å². The number of hydrogen-bond acceptors (Lipinski definition) is 5. The predicted molar refractivity (Wildman–Crippen MR) is 115 cm³/mol. The number of hydrogen-bond donors (Lipinski definition) is 2. The van der Waals surface area contributed by atoms with E-state index in [-0.39, 0.29) is 6.03 Å². The Hall–Kier alpha value is -3.61. The number of amides is 2. The molecule has 0 bridgehead atoms. The Morgan fingerprint density at radius 1 is 1.10 bits per heavy atom. The molecule has 2 amide bonds. The molecule has 2 N–H and O–H groups in total. The molecule has 1 aromatic carbocycles. The summed E-state index contributed by atoms with van der Waals surface area (Å²) in [6.07, 6.45) is 4.23. The van der Waals surface area contributed by atoms with Crippen LogP contribution in [0.5, 0.6) is 11.6 Å². The summed E-state index contributed by atoms with van der Waals surface area (Å²) in [4.78, 5) is 22.7. The van der Waals surface area contributed by atoms with E-state index >= 15 is 0 Å². The van der Waals surface area contributed by atoms with E-state index in [0.29, 0.717) is 18.1 Å². The molecule has 2 aromatic heterocycles. The number of nitrogens with zero attached hydrogens (tertiary/aromatic N) is 3. The summed E-state index contributed by atoms with van der Waals surface area (Å²) in [5.41, 5.74) is 2.71. The molecular weight excluding hydrogens is 366 g/mol. The van der Waals surface area contributed by atoms with Crippen molar-refractivity contribution in [3.63, 3.8) is 0 Å². The fourth-order valence-electron chi connectivity index (χ4n) is 2.79. The Kier molecular flexibility index (Phi) is 6.63. The minimum atomic E-state index is -0.315. The zero-order valence-electron chi connectivity index (χ0n) is 16.8. The molecule has 0 aliphatic heterocycles. The predicted octanol–water partition coefficient (Wildman–Crippen LogP) is 4.22. The van der Waals surface area contributed by atoms with Crippen molar-refractivity contribution in [1.29, 1.82) is 0 Å². The van der Waals surface area contributed by atoms with Gasteiger partial charge in [-0.05, 0) is 36.2 Å². The number of aromatic nitrogens is 2. The molecule has 0 aliphatic rings. The molecule has 0 fully saturated rings. The van der Waals surface area contributed by atoms with Gasteiger partial charge in [-0.1, -0.05) is 25.1 Å². The lowest BCUT2D eigenvalue weighted by atomic mass is 10.2. The van der Waals surface area contributed by atoms with E-state index in [1.807, 2.05) is 49.3 Å².